The van der Waals surface area contributed by atoms with E-state index < -0.39 is 10.0 Å². The highest BCUT2D eigenvalue weighted by Crippen LogP contribution is 2.22. The Hall–Kier alpha value is -1.05. The summed E-state index contributed by atoms with van der Waals surface area (Å²) in [4.78, 5) is 7.94. The van der Waals surface area contributed by atoms with Crippen LogP contribution in [0.15, 0.2) is 17.4 Å². The molecule has 18 heavy (non-hydrogen) atoms. The van der Waals surface area contributed by atoms with Crippen LogP contribution < -0.4 is 5.73 Å². The quantitative estimate of drug-likeness (QED) is 0.844. The van der Waals surface area contributed by atoms with E-state index in [0.717, 1.165) is 12.8 Å². The third-order valence-electron chi connectivity index (χ3n) is 3.24. The molecule has 1 aliphatic heterocycles. The molecular formula is C11H18N4O2S. The molecule has 2 rings (SSSR count). The standard InChI is InChI=1S/C11H18N4O2S/c1-9-11(14-5-4-13-9)18(16,17)15-6-2-3-10(7-12)8-15/h4-5,10H,2-3,6-8,12H2,1H3. The Morgan fingerprint density at radius 2 is 2.17 bits per heavy atom. The van der Waals surface area contributed by atoms with Crippen molar-refractivity contribution in [2.75, 3.05) is 19.6 Å². The molecule has 2 N–H and O–H groups in total. The van der Waals surface area contributed by atoms with Crippen LogP contribution in [-0.2, 0) is 10.0 Å². The minimum Gasteiger partial charge on any atom is -0.330 e. The molecule has 0 saturated carbocycles. The highest BCUT2D eigenvalue weighted by Gasteiger charge is 2.31. The Balaban J connectivity index is 2.29. The SMILES string of the molecule is Cc1nccnc1S(=O)(=O)N1CCCC(CN)C1. The number of hydrogen-bond acceptors (Lipinski definition) is 5. The van der Waals surface area contributed by atoms with Gasteiger partial charge in [0.2, 0.25) is 0 Å². The zero-order valence-corrected chi connectivity index (χ0v) is 11.2. The highest BCUT2D eigenvalue weighted by atomic mass is 32.2. The van der Waals surface area contributed by atoms with Crippen molar-refractivity contribution in [1.82, 2.24) is 14.3 Å². The van der Waals surface area contributed by atoms with Crippen molar-refractivity contribution in [3.63, 3.8) is 0 Å². The second kappa shape index (κ2) is 5.29. The van der Waals surface area contributed by atoms with Gasteiger partial charge in [0.05, 0.1) is 5.69 Å². The molecule has 1 aromatic heterocycles. The van der Waals surface area contributed by atoms with Gasteiger partial charge < -0.3 is 5.73 Å². The van der Waals surface area contributed by atoms with Crippen LogP contribution in [0.2, 0.25) is 0 Å². The first kappa shape index (κ1) is 13.4. The predicted octanol–water partition coefficient (Wildman–Crippen LogP) is 0.144. The molecular weight excluding hydrogens is 252 g/mol. The van der Waals surface area contributed by atoms with E-state index in [2.05, 4.69) is 9.97 Å². The molecule has 0 amide bonds. The van der Waals surface area contributed by atoms with E-state index in [1.807, 2.05) is 0 Å². The Labute approximate surface area is 107 Å². The van der Waals surface area contributed by atoms with E-state index in [0.29, 0.717) is 25.3 Å². The molecule has 7 heteroatoms. The second-order valence-corrected chi connectivity index (χ2v) is 6.41. The molecule has 1 aromatic rings. The predicted molar refractivity (Wildman–Crippen MR) is 67.3 cm³/mol. The summed E-state index contributed by atoms with van der Waals surface area (Å²) < 4.78 is 26.4. The Kier molecular flexibility index (Phi) is 3.94. The van der Waals surface area contributed by atoms with Gasteiger partial charge in [0.15, 0.2) is 5.03 Å². The maximum atomic E-state index is 12.5. The summed E-state index contributed by atoms with van der Waals surface area (Å²) in [7, 11) is -3.53. The van der Waals surface area contributed by atoms with E-state index in [1.165, 1.54) is 16.7 Å². The summed E-state index contributed by atoms with van der Waals surface area (Å²) in [6.45, 7) is 3.19. The van der Waals surface area contributed by atoms with E-state index in [-0.39, 0.29) is 10.9 Å². The van der Waals surface area contributed by atoms with Gasteiger partial charge in [0.25, 0.3) is 10.0 Å². The Morgan fingerprint density at radius 3 is 2.83 bits per heavy atom. The summed E-state index contributed by atoms with van der Waals surface area (Å²) in [6.07, 6.45) is 4.74. The van der Waals surface area contributed by atoms with E-state index >= 15 is 0 Å². The van der Waals surface area contributed by atoms with E-state index in [4.69, 9.17) is 5.73 Å². The van der Waals surface area contributed by atoms with Crippen molar-refractivity contribution in [1.29, 1.82) is 0 Å². The summed E-state index contributed by atoms with van der Waals surface area (Å²) in [5.74, 6) is 0.241. The van der Waals surface area contributed by atoms with Crippen LogP contribution in [0.4, 0.5) is 0 Å². The van der Waals surface area contributed by atoms with Gasteiger partial charge in [-0.15, -0.1) is 0 Å². The monoisotopic (exact) mass is 270 g/mol. The zero-order valence-electron chi connectivity index (χ0n) is 10.4. The van der Waals surface area contributed by atoms with Crippen LogP contribution in [0, 0.1) is 12.8 Å². The van der Waals surface area contributed by atoms with Crippen molar-refractivity contribution in [2.24, 2.45) is 11.7 Å². The van der Waals surface area contributed by atoms with Crippen LogP contribution in [0.3, 0.4) is 0 Å². The van der Waals surface area contributed by atoms with Gasteiger partial charge in [-0.2, -0.15) is 4.31 Å². The Morgan fingerprint density at radius 1 is 1.44 bits per heavy atom. The molecule has 1 unspecified atom stereocenters. The van der Waals surface area contributed by atoms with Crippen molar-refractivity contribution >= 4 is 10.0 Å². The van der Waals surface area contributed by atoms with Crippen molar-refractivity contribution in [3.8, 4) is 0 Å². The normalized spacial score (nSPS) is 22.0. The molecule has 1 saturated heterocycles. The number of hydrogen-bond donors (Lipinski definition) is 1. The number of piperidine rings is 1. The second-order valence-electron chi connectivity index (χ2n) is 4.55. The van der Waals surface area contributed by atoms with Gasteiger partial charge in [-0.05, 0) is 32.2 Å². The summed E-state index contributed by atoms with van der Waals surface area (Å²) in [6, 6.07) is 0. The van der Waals surface area contributed by atoms with E-state index in [9.17, 15) is 8.42 Å². The summed E-state index contributed by atoms with van der Waals surface area (Å²) in [5.41, 5.74) is 6.07. The molecule has 0 bridgehead atoms. The lowest BCUT2D eigenvalue weighted by molar-refractivity contribution is 0.270. The number of nitrogens with zero attached hydrogens (tertiary/aromatic N) is 3. The lowest BCUT2D eigenvalue weighted by Crippen LogP contribution is -2.42. The van der Waals surface area contributed by atoms with Crippen LogP contribution >= 0.6 is 0 Å². The number of rotatable bonds is 3. The van der Waals surface area contributed by atoms with Crippen LogP contribution in [0.25, 0.3) is 0 Å². The van der Waals surface area contributed by atoms with Gasteiger partial charge in [-0.1, -0.05) is 0 Å². The van der Waals surface area contributed by atoms with Crippen molar-refractivity contribution in [3.05, 3.63) is 18.1 Å². The van der Waals surface area contributed by atoms with Crippen molar-refractivity contribution < 1.29 is 8.42 Å². The first-order valence-corrected chi connectivity index (χ1v) is 7.47. The molecule has 6 nitrogen and oxygen atoms in total. The number of sulfonamides is 1. The third-order valence-corrected chi connectivity index (χ3v) is 5.14. The fourth-order valence-electron chi connectivity index (χ4n) is 2.21. The molecule has 1 fully saturated rings. The zero-order chi connectivity index (χ0) is 13.2. The molecule has 2 heterocycles. The molecule has 0 aliphatic carbocycles. The Bertz CT molecular complexity index is 518. The fourth-order valence-corrected chi connectivity index (χ4v) is 3.85. The van der Waals surface area contributed by atoms with Crippen LogP contribution in [-0.4, -0.2) is 42.3 Å². The number of aromatic nitrogens is 2. The lowest BCUT2D eigenvalue weighted by atomic mass is 10.0. The first-order valence-electron chi connectivity index (χ1n) is 6.03. The average Bonchev–Trinajstić information content (AvgIpc) is 2.39. The molecule has 1 atom stereocenters. The van der Waals surface area contributed by atoms with Gasteiger partial charge in [-0.25, -0.2) is 13.4 Å². The summed E-state index contributed by atoms with van der Waals surface area (Å²) >= 11 is 0. The van der Waals surface area contributed by atoms with Crippen molar-refractivity contribution in [2.45, 2.75) is 24.8 Å². The molecule has 1 aliphatic rings. The molecule has 0 radical (unpaired) electrons. The van der Waals surface area contributed by atoms with Gasteiger partial charge in [-0.3, -0.25) is 4.98 Å². The topological polar surface area (TPSA) is 89.2 Å². The highest BCUT2D eigenvalue weighted by molar-refractivity contribution is 7.89. The maximum absolute atomic E-state index is 12.5. The molecule has 0 spiro atoms. The minimum atomic E-state index is -3.53. The smallest absolute Gasteiger partial charge is 0.262 e. The molecule has 100 valence electrons. The van der Waals surface area contributed by atoms with E-state index in [1.54, 1.807) is 6.92 Å². The largest absolute Gasteiger partial charge is 0.330 e. The number of nitrogens with two attached hydrogens (primary N) is 1. The van der Waals surface area contributed by atoms with Gasteiger partial charge >= 0.3 is 0 Å². The third kappa shape index (κ3) is 2.52. The number of aryl methyl sites for hydroxylation is 1. The maximum Gasteiger partial charge on any atom is 0.262 e. The van der Waals surface area contributed by atoms with Crippen LogP contribution in [0.1, 0.15) is 18.5 Å². The van der Waals surface area contributed by atoms with Gasteiger partial charge in [0.1, 0.15) is 0 Å². The minimum absolute atomic E-state index is 0.0580. The average molecular weight is 270 g/mol. The summed E-state index contributed by atoms with van der Waals surface area (Å²) in [5, 5.41) is 0.0580. The van der Waals surface area contributed by atoms with Gasteiger partial charge in [0, 0.05) is 25.5 Å². The molecule has 0 aromatic carbocycles. The fraction of sp³-hybridized carbons (Fsp3) is 0.636. The first-order chi connectivity index (χ1) is 8.55. The lowest BCUT2D eigenvalue weighted by Gasteiger charge is -2.31. The van der Waals surface area contributed by atoms with Crippen LogP contribution in [0.5, 0.6) is 0 Å².